The van der Waals surface area contributed by atoms with Crippen LogP contribution < -0.4 is 19.1 Å². The lowest BCUT2D eigenvalue weighted by molar-refractivity contribution is -0.132. The molecular formula is C33H38N2O8S. The number of aromatic nitrogens is 1. The van der Waals surface area contributed by atoms with E-state index in [2.05, 4.69) is 18.8 Å². The average molecular weight is 623 g/mol. The molecule has 44 heavy (non-hydrogen) atoms. The van der Waals surface area contributed by atoms with E-state index in [4.69, 9.17) is 18.9 Å². The number of hydrogen-bond donors (Lipinski definition) is 1. The number of ketones is 1. The minimum atomic E-state index is -1.08. The van der Waals surface area contributed by atoms with E-state index in [1.807, 2.05) is 13.8 Å². The fraction of sp³-hybridized carbons (Fsp3) is 0.394. The molecule has 1 fully saturated rings. The number of Topliss-reactive ketones (excluding diaryl/α,β-unsaturated/α-hetero) is 1. The van der Waals surface area contributed by atoms with Crippen LogP contribution in [0, 0.1) is 12.8 Å². The van der Waals surface area contributed by atoms with E-state index >= 15 is 0 Å². The van der Waals surface area contributed by atoms with Crippen LogP contribution in [0.25, 0.3) is 5.76 Å². The molecule has 3 aromatic rings. The molecule has 1 aliphatic heterocycles. The van der Waals surface area contributed by atoms with Crippen molar-refractivity contribution in [3.8, 4) is 17.2 Å². The van der Waals surface area contributed by atoms with E-state index < -0.39 is 23.7 Å². The normalized spacial score (nSPS) is 16.0. The van der Waals surface area contributed by atoms with Gasteiger partial charge in [0.2, 0.25) is 0 Å². The van der Waals surface area contributed by atoms with Gasteiger partial charge in [0.1, 0.15) is 16.4 Å². The quantitative estimate of drug-likeness (QED) is 0.0987. The largest absolute Gasteiger partial charge is 0.507 e. The van der Waals surface area contributed by atoms with Gasteiger partial charge in [0.25, 0.3) is 5.78 Å². The summed E-state index contributed by atoms with van der Waals surface area (Å²) >= 11 is 0.948. The SMILES string of the molecule is CCOC(=O)c1sc(N2C(=O)C(=O)C(=C(O)c3ccc(OCC)cc3)C2c2ccc(OCCC(C)C)c(OCC)c2)nc1C. The Morgan fingerprint density at radius 3 is 2.32 bits per heavy atom. The van der Waals surface area contributed by atoms with Gasteiger partial charge in [-0.15, -0.1) is 0 Å². The lowest BCUT2D eigenvalue weighted by atomic mass is 9.95. The van der Waals surface area contributed by atoms with Crippen LogP contribution in [-0.2, 0) is 14.3 Å². The highest BCUT2D eigenvalue weighted by molar-refractivity contribution is 7.17. The molecule has 1 aromatic heterocycles. The van der Waals surface area contributed by atoms with Gasteiger partial charge in [0.15, 0.2) is 16.6 Å². The van der Waals surface area contributed by atoms with E-state index in [-0.39, 0.29) is 27.9 Å². The van der Waals surface area contributed by atoms with Crippen LogP contribution in [0.5, 0.6) is 17.2 Å². The maximum absolute atomic E-state index is 13.7. The number of thiazole rings is 1. The third-order valence-electron chi connectivity index (χ3n) is 6.87. The van der Waals surface area contributed by atoms with Crippen molar-refractivity contribution < 1.29 is 38.4 Å². The molecule has 4 rings (SSSR count). The molecule has 1 aliphatic rings. The van der Waals surface area contributed by atoms with Crippen molar-refractivity contribution in [3.05, 3.63) is 69.7 Å². The van der Waals surface area contributed by atoms with E-state index in [1.54, 1.807) is 56.3 Å². The van der Waals surface area contributed by atoms with Crippen molar-refractivity contribution in [1.82, 2.24) is 4.98 Å². The van der Waals surface area contributed by atoms with Crippen LogP contribution in [0.4, 0.5) is 5.13 Å². The molecule has 0 radical (unpaired) electrons. The predicted octanol–water partition coefficient (Wildman–Crippen LogP) is 6.48. The number of aryl methyl sites for hydroxylation is 1. The zero-order valence-electron chi connectivity index (χ0n) is 25.8. The molecule has 1 saturated heterocycles. The molecule has 234 valence electrons. The Morgan fingerprint density at radius 1 is 0.977 bits per heavy atom. The number of esters is 1. The average Bonchev–Trinajstić information content (AvgIpc) is 3.50. The minimum Gasteiger partial charge on any atom is -0.507 e. The van der Waals surface area contributed by atoms with Gasteiger partial charge in [-0.25, -0.2) is 9.78 Å². The van der Waals surface area contributed by atoms with Gasteiger partial charge in [-0.3, -0.25) is 14.5 Å². The summed E-state index contributed by atoms with van der Waals surface area (Å²) in [5, 5.41) is 11.7. The van der Waals surface area contributed by atoms with Crippen LogP contribution in [0.1, 0.15) is 73.6 Å². The van der Waals surface area contributed by atoms with Crippen molar-refractivity contribution in [1.29, 1.82) is 0 Å². The zero-order chi connectivity index (χ0) is 32.0. The fourth-order valence-electron chi connectivity index (χ4n) is 4.73. The Hall–Kier alpha value is -4.38. The van der Waals surface area contributed by atoms with Gasteiger partial charge in [0, 0.05) is 5.56 Å². The van der Waals surface area contributed by atoms with Gasteiger partial charge in [-0.05, 0) is 82.0 Å². The fourth-order valence-corrected chi connectivity index (χ4v) is 5.72. The highest BCUT2D eigenvalue weighted by atomic mass is 32.1. The maximum Gasteiger partial charge on any atom is 0.350 e. The summed E-state index contributed by atoms with van der Waals surface area (Å²) in [6.45, 7) is 12.7. The lowest BCUT2D eigenvalue weighted by Crippen LogP contribution is -2.29. The van der Waals surface area contributed by atoms with Crippen molar-refractivity contribution in [2.75, 3.05) is 31.3 Å². The molecule has 1 unspecified atom stereocenters. The number of rotatable bonds is 13. The summed E-state index contributed by atoms with van der Waals surface area (Å²) in [6.07, 6.45) is 0.849. The van der Waals surface area contributed by atoms with E-state index in [1.165, 1.54) is 4.90 Å². The number of aliphatic hydroxyl groups excluding tert-OH is 1. The topological polar surface area (TPSA) is 124 Å². The number of amides is 1. The monoisotopic (exact) mass is 622 g/mol. The van der Waals surface area contributed by atoms with Crippen molar-refractivity contribution in [2.24, 2.45) is 5.92 Å². The molecule has 0 aliphatic carbocycles. The number of carbonyl (C=O) groups is 3. The number of hydrogen-bond acceptors (Lipinski definition) is 10. The third kappa shape index (κ3) is 6.88. The molecule has 11 heteroatoms. The molecule has 10 nitrogen and oxygen atoms in total. The van der Waals surface area contributed by atoms with Crippen LogP contribution in [0.2, 0.25) is 0 Å². The number of ether oxygens (including phenoxy) is 4. The summed E-state index contributed by atoms with van der Waals surface area (Å²) in [4.78, 5) is 45.9. The zero-order valence-corrected chi connectivity index (χ0v) is 26.7. The van der Waals surface area contributed by atoms with E-state index in [0.717, 1.165) is 17.8 Å². The van der Waals surface area contributed by atoms with Gasteiger partial charge in [-0.2, -0.15) is 0 Å². The van der Waals surface area contributed by atoms with Crippen molar-refractivity contribution >= 4 is 39.9 Å². The summed E-state index contributed by atoms with van der Waals surface area (Å²) in [6, 6.07) is 10.7. The molecule has 0 spiro atoms. The molecule has 1 amide bonds. The number of anilines is 1. The number of benzene rings is 2. The summed E-state index contributed by atoms with van der Waals surface area (Å²) in [7, 11) is 0. The van der Waals surface area contributed by atoms with Gasteiger partial charge >= 0.3 is 11.9 Å². The highest BCUT2D eigenvalue weighted by Crippen LogP contribution is 2.45. The second-order valence-electron chi connectivity index (χ2n) is 10.4. The highest BCUT2D eigenvalue weighted by Gasteiger charge is 2.48. The third-order valence-corrected chi connectivity index (χ3v) is 8.01. The summed E-state index contributed by atoms with van der Waals surface area (Å²) < 4.78 is 22.6. The van der Waals surface area contributed by atoms with Crippen LogP contribution in [0.3, 0.4) is 0 Å². The lowest BCUT2D eigenvalue weighted by Gasteiger charge is -2.24. The Labute approximate surface area is 261 Å². The van der Waals surface area contributed by atoms with Gasteiger partial charge < -0.3 is 24.1 Å². The number of aliphatic hydroxyl groups is 1. The summed E-state index contributed by atoms with van der Waals surface area (Å²) in [5.41, 5.74) is 1.06. The van der Waals surface area contributed by atoms with Gasteiger partial charge in [0.05, 0.1) is 43.7 Å². The number of carbonyl (C=O) groups excluding carboxylic acids is 3. The smallest absolute Gasteiger partial charge is 0.350 e. The first-order valence-corrected chi connectivity index (χ1v) is 15.5. The van der Waals surface area contributed by atoms with Crippen molar-refractivity contribution in [2.45, 2.75) is 54.0 Å². The second kappa shape index (κ2) is 14.4. The summed E-state index contributed by atoms with van der Waals surface area (Å²) in [5.74, 6) is -0.694. The molecule has 2 heterocycles. The molecule has 2 aromatic carbocycles. The first-order valence-electron chi connectivity index (χ1n) is 14.7. The van der Waals surface area contributed by atoms with Crippen LogP contribution in [0.15, 0.2) is 48.0 Å². The molecule has 1 atom stereocenters. The minimum absolute atomic E-state index is 0.124. The Bertz CT molecular complexity index is 1540. The van der Waals surface area contributed by atoms with Crippen LogP contribution >= 0.6 is 11.3 Å². The van der Waals surface area contributed by atoms with E-state index in [0.29, 0.717) is 59.8 Å². The Morgan fingerprint density at radius 2 is 1.68 bits per heavy atom. The number of nitrogens with zero attached hydrogens (tertiary/aromatic N) is 2. The second-order valence-corrected chi connectivity index (χ2v) is 11.4. The Kier molecular flexibility index (Phi) is 10.6. The van der Waals surface area contributed by atoms with Gasteiger partial charge in [-0.1, -0.05) is 31.3 Å². The first-order chi connectivity index (χ1) is 21.1. The Balaban J connectivity index is 1.88. The molecular weight excluding hydrogens is 584 g/mol. The molecule has 0 saturated carbocycles. The first kappa shape index (κ1) is 32.5. The standard InChI is InChI=1S/C33H38N2O8S/c1-7-40-23-13-10-21(11-14-23)28(36)26-27(22-12-15-24(25(18-22)41-8-2)43-17-16-19(4)5)35(31(38)29(26)37)33-34-20(6)30(44-33)32(39)42-9-3/h10-15,18-19,27,36H,7-9,16-17H2,1-6H3. The van der Waals surface area contributed by atoms with E-state index in [9.17, 15) is 19.5 Å². The molecule has 1 N–H and O–H groups in total. The maximum atomic E-state index is 13.7. The molecule has 0 bridgehead atoms. The van der Waals surface area contributed by atoms with Crippen LogP contribution in [-0.4, -0.2) is 54.2 Å². The van der Waals surface area contributed by atoms with Crippen molar-refractivity contribution in [3.63, 3.8) is 0 Å². The predicted molar refractivity (Wildman–Crippen MR) is 168 cm³/mol.